The molecule has 3 heterocycles. The number of fused-ring (bicyclic) bond motifs is 2. The quantitative estimate of drug-likeness (QED) is 0.798. The van der Waals surface area contributed by atoms with Gasteiger partial charge in [0.25, 0.3) is 0 Å². The van der Waals surface area contributed by atoms with Crippen molar-refractivity contribution in [2.45, 2.75) is 50.6 Å². The van der Waals surface area contributed by atoms with Crippen molar-refractivity contribution in [2.24, 2.45) is 5.92 Å². The van der Waals surface area contributed by atoms with E-state index < -0.39 is 22.5 Å². The normalized spacial score (nSPS) is 27.6. The summed E-state index contributed by atoms with van der Waals surface area (Å²) in [6.07, 6.45) is 5.77. The van der Waals surface area contributed by atoms with Gasteiger partial charge in [-0.25, -0.2) is 4.79 Å². The fraction of sp³-hybridized carbons (Fsp3) is 0.714. The highest BCUT2D eigenvalue weighted by molar-refractivity contribution is 7.80. The van der Waals surface area contributed by atoms with Crippen LogP contribution >= 0.6 is 0 Å². The second-order valence-electron chi connectivity index (χ2n) is 6.73. The van der Waals surface area contributed by atoms with Crippen LogP contribution in [-0.4, -0.2) is 46.7 Å². The van der Waals surface area contributed by atoms with Crippen molar-refractivity contribution in [3.05, 3.63) is 17.5 Å². The summed E-state index contributed by atoms with van der Waals surface area (Å²) in [7, 11) is -4.72. The fourth-order valence-corrected chi connectivity index (χ4v) is 4.09. The first-order valence-corrected chi connectivity index (χ1v) is 9.49. The Morgan fingerprint density at radius 1 is 1.33 bits per heavy atom. The number of amides is 2. The molecule has 1 saturated carbocycles. The van der Waals surface area contributed by atoms with E-state index in [0.29, 0.717) is 31.0 Å². The lowest BCUT2D eigenvalue weighted by Crippen LogP contribution is -2.35. The van der Waals surface area contributed by atoms with Gasteiger partial charge in [-0.3, -0.25) is 4.55 Å². The predicted molar refractivity (Wildman–Crippen MR) is 79.9 cm³/mol. The highest BCUT2D eigenvalue weighted by Gasteiger charge is 2.48. The van der Waals surface area contributed by atoms with Crippen molar-refractivity contribution in [3.63, 3.8) is 0 Å². The standard InChI is InChI=1S/C14H19N3O6S/c18-14-16-8-10(17(14)23-24(19,20)21)4-5-13(16)12-7-11(22-15-12)6-9-2-1-3-9/h7,9-10,13H,1-6,8H2,(H,19,20,21)/t10-,13+/m1/s1. The zero-order chi connectivity index (χ0) is 16.9. The first kappa shape index (κ1) is 15.9. The van der Waals surface area contributed by atoms with Gasteiger partial charge in [0, 0.05) is 19.0 Å². The van der Waals surface area contributed by atoms with E-state index >= 15 is 0 Å². The third-order valence-electron chi connectivity index (χ3n) is 5.13. The van der Waals surface area contributed by atoms with Gasteiger partial charge < -0.3 is 9.42 Å². The molecular weight excluding hydrogens is 338 g/mol. The average Bonchev–Trinajstić information content (AvgIpc) is 3.02. The topological polar surface area (TPSA) is 113 Å². The number of hydrogen-bond acceptors (Lipinski definition) is 6. The third kappa shape index (κ3) is 2.89. The smallest absolute Gasteiger partial charge is 0.361 e. The van der Waals surface area contributed by atoms with Gasteiger partial charge in [0.05, 0.1) is 12.1 Å². The van der Waals surface area contributed by atoms with E-state index in [-0.39, 0.29) is 6.04 Å². The number of carbonyl (C=O) groups is 1. The molecular formula is C14H19N3O6S. The lowest BCUT2D eigenvalue weighted by molar-refractivity contribution is -0.0317. The maximum Gasteiger partial charge on any atom is 0.418 e. The Morgan fingerprint density at radius 2 is 2.12 bits per heavy atom. The zero-order valence-corrected chi connectivity index (χ0v) is 13.8. The minimum atomic E-state index is -4.72. The second kappa shape index (κ2) is 5.71. The molecule has 1 N–H and O–H groups in total. The molecule has 2 atom stereocenters. The maximum absolute atomic E-state index is 12.4. The lowest BCUT2D eigenvalue weighted by Gasteiger charge is -2.28. The zero-order valence-electron chi connectivity index (χ0n) is 13.0. The Bertz CT molecular complexity index is 743. The minimum absolute atomic E-state index is 0.261. The molecule has 4 rings (SSSR count). The molecule has 0 radical (unpaired) electrons. The molecule has 2 amide bonds. The highest BCUT2D eigenvalue weighted by atomic mass is 32.3. The van der Waals surface area contributed by atoms with Crippen LogP contribution < -0.4 is 0 Å². The van der Waals surface area contributed by atoms with Gasteiger partial charge in [-0.2, -0.15) is 13.5 Å². The molecule has 3 fully saturated rings. The Balaban J connectivity index is 1.48. The van der Waals surface area contributed by atoms with Crippen LogP contribution in [0.15, 0.2) is 10.6 Å². The molecule has 24 heavy (non-hydrogen) atoms. The van der Waals surface area contributed by atoms with E-state index in [1.165, 1.54) is 24.2 Å². The van der Waals surface area contributed by atoms with Crippen molar-refractivity contribution in [3.8, 4) is 0 Å². The molecule has 1 aromatic rings. The van der Waals surface area contributed by atoms with Gasteiger partial charge in [0.15, 0.2) is 0 Å². The van der Waals surface area contributed by atoms with Crippen LogP contribution in [0.1, 0.15) is 49.6 Å². The van der Waals surface area contributed by atoms with Crippen molar-refractivity contribution in [1.29, 1.82) is 0 Å². The van der Waals surface area contributed by atoms with Gasteiger partial charge in [-0.1, -0.05) is 24.4 Å². The van der Waals surface area contributed by atoms with Crippen LogP contribution in [0, 0.1) is 5.92 Å². The molecule has 2 aliphatic heterocycles. The number of urea groups is 1. The maximum atomic E-state index is 12.4. The van der Waals surface area contributed by atoms with Crippen LogP contribution in [0.3, 0.4) is 0 Å². The number of aromatic nitrogens is 1. The molecule has 3 aliphatic rings. The summed E-state index contributed by atoms with van der Waals surface area (Å²) in [5.41, 5.74) is 0.685. The Labute approximate surface area is 139 Å². The monoisotopic (exact) mass is 357 g/mol. The van der Waals surface area contributed by atoms with E-state index in [9.17, 15) is 13.2 Å². The van der Waals surface area contributed by atoms with Gasteiger partial charge in [0.2, 0.25) is 0 Å². The fourth-order valence-electron chi connectivity index (χ4n) is 3.70. The molecule has 132 valence electrons. The Morgan fingerprint density at radius 3 is 2.79 bits per heavy atom. The molecule has 1 aromatic heterocycles. The summed E-state index contributed by atoms with van der Waals surface area (Å²) in [6, 6.07) is 0.659. The summed E-state index contributed by atoms with van der Waals surface area (Å²) in [6.45, 7) is 0.337. The lowest BCUT2D eigenvalue weighted by atomic mass is 9.82. The van der Waals surface area contributed by atoms with E-state index in [2.05, 4.69) is 9.44 Å². The summed E-state index contributed by atoms with van der Waals surface area (Å²) < 4.78 is 40.5. The number of piperidine rings is 1. The SMILES string of the molecule is O=C1N2C[C@@H](CC[C@H]2c2cc(CC3CCC3)on2)N1OS(=O)(=O)O. The number of nitrogens with zero attached hydrogens (tertiary/aromatic N) is 3. The van der Waals surface area contributed by atoms with E-state index in [4.69, 9.17) is 9.08 Å². The second-order valence-corrected chi connectivity index (χ2v) is 7.73. The molecule has 0 unspecified atom stereocenters. The number of rotatable bonds is 5. The van der Waals surface area contributed by atoms with Crippen LogP contribution in [-0.2, 0) is 21.1 Å². The molecule has 1 aliphatic carbocycles. The van der Waals surface area contributed by atoms with Crippen molar-refractivity contribution >= 4 is 16.4 Å². The molecule has 9 nitrogen and oxygen atoms in total. The summed E-state index contributed by atoms with van der Waals surface area (Å²) in [5.74, 6) is 1.49. The summed E-state index contributed by atoms with van der Waals surface area (Å²) in [4.78, 5) is 13.9. The van der Waals surface area contributed by atoms with Gasteiger partial charge in [-0.05, 0) is 18.8 Å². The van der Waals surface area contributed by atoms with Crippen molar-refractivity contribution in [2.75, 3.05) is 6.54 Å². The van der Waals surface area contributed by atoms with Crippen LogP contribution in [0.4, 0.5) is 4.79 Å². The van der Waals surface area contributed by atoms with Crippen LogP contribution in [0.2, 0.25) is 0 Å². The largest absolute Gasteiger partial charge is 0.418 e. The minimum Gasteiger partial charge on any atom is -0.361 e. The third-order valence-corrected chi connectivity index (χ3v) is 5.48. The Hall–Kier alpha value is -1.65. The van der Waals surface area contributed by atoms with Crippen LogP contribution in [0.25, 0.3) is 0 Å². The van der Waals surface area contributed by atoms with Gasteiger partial charge in [0.1, 0.15) is 11.5 Å². The summed E-state index contributed by atoms with van der Waals surface area (Å²) >= 11 is 0. The summed E-state index contributed by atoms with van der Waals surface area (Å²) in [5, 5.41) is 4.85. The first-order chi connectivity index (χ1) is 11.4. The molecule has 10 heteroatoms. The van der Waals surface area contributed by atoms with Crippen molar-refractivity contribution < 1.29 is 26.6 Å². The van der Waals surface area contributed by atoms with E-state index in [1.807, 2.05) is 6.07 Å². The Kier molecular flexibility index (Phi) is 3.77. The molecule has 2 bridgehead atoms. The van der Waals surface area contributed by atoms with Crippen molar-refractivity contribution in [1.82, 2.24) is 15.1 Å². The number of hydroxylamine groups is 2. The van der Waals surface area contributed by atoms with Gasteiger partial charge >= 0.3 is 16.4 Å². The molecule has 0 aromatic carbocycles. The number of carbonyl (C=O) groups excluding carboxylic acids is 1. The molecule has 2 saturated heterocycles. The average molecular weight is 357 g/mol. The molecule has 0 spiro atoms. The number of hydrogen-bond donors (Lipinski definition) is 1. The van der Waals surface area contributed by atoms with E-state index in [1.54, 1.807) is 0 Å². The van der Waals surface area contributed by atoms with Crippen LogP contribution in [0.5, 0.6) is 0 Å². The predicted octanol–water partition coefficient (Wildman–Crippen LogP) is 1.69. The highest BCUT2D eigenvalue weighted by Crippen LogP contribution is 2.39. The van der Waals surface area contributed by atoms with E-state index in [0.717, 1.165) is 17.2 Å². The first-order valence-electron chi connectivity index (χ1n) is 8.13. The van der Waals surface area contributed by atoms with Gasteiger partial charge in [-0.15, -0.1) is 4.28 Å².